The first-order valence-electron chi connectivity index (χ1n) is 3.62. The van der Waals surface area contributed by atoms with Crippen LogP contribution >= 0.6 is 0 Å². The fraction of sp³-hybridized carbons (Fsp3) is 1.00. The Morgan fingerprint density at radius 1 is 1.00 bits per heavy atom. The van der Waals surface area contributed by atoms with Crippen LogP contribution in [0.2, 0.25) is 8.87 Å². The molecule has 0 saturated heterocycles. The van der Waals surface area contributed by atoms with Gasteiger partial charge < -0.3 is 0 Å². The summed E-state index contributed by atoms with van der Waals surface area (Å²) in [5.74, 6) is 0. The molecule has 0 N–H and O–H groups in total. The van der Waals surface area contributed by atoms with Crippen LogP contribution in [-0.2, 0) is 0 Å². The third-order valence-electron chi connectivity index (χ3n) is 1.13. The van der Waals surface area contributed by atoms with Crippen molar-refractivity contribution in [1.29, 1.82) is 0 Å². The summed E-state index contributed by atoms with van der Waals surface area (Å²) in [6, 6.07) is 0. The third-order valence-corrected chi connectivity index (χ3v) is 5.59. The Morgan fingerprint density at radius 2 is 1.75 bits per heavy atom. The van der Waals surface area contributed by atoms with Crippen molar-refractivity contribution in [3.8, 4) is 0 Å². The van der Waals surface area contributed by atoms with Gasteiger partial charge in [-0.1, -0.05) is 0 Å². The first kappa shape index (κ1) is 8.80. The van der Waals surface area contributed by atoms with Crippen LogP contribution in [0.1, 0.15) is 33.1 Å². The molecule has 0 aromatic carbocycles. The molecule has 0 saturated carbocycles. The standard InChI is InChI=1S/C4H9.C3H7.Sn/c1-3-4-2;1-3-2;/h1,3-4H2,2H3;1,3H2,2H3;. The Balaban J connectivity index is 2.53. The van der Waals surface area contributed by atoms with E-state index in [0.717, 1.165) is 0 Å². The molecule has 0 spiro atoms. The van der Waals surface area contributed by atoms with Crippen LogP contribution in [0.5, 0.6) is 0 Å². The van der Waals surface area contributed by atoms with Crippen LogP contribution in [0.3, 0.4) is 0 Å². The summed E-state index contributed by atoms with van der Waals surface area (Å²) in [5.41, 5.74) is 0. The van der Waals surface area contributed by atoms with Gasteiger partial charge in [-0.15, -0.1) is 0 Å². The van der Waals surface area contributed by atoms with Crippen molar-refractivity contribution in [3.63, 3.8) is 0 Å². The molecule has 0 heterocycles. The summed E-state index contributed by atoms with van der Waals surface area (Å²) in [5, 5.41) is 0. The zero-order valence-electron chi connectivity index (χ0n) is 6.04. The van der Waals surface area contributed by atoms with E-state index in [2.05, 4.69) is 13.8 Å². The van der Waals surface area contributed by atoms with Gasteiger partial charge in [-0.3, -0.25) is 0 Å². The Labute approximate surface area is 63.3 Å². The van der Waals surface area contributed by atoms with Crippen molar-refractivity contribution in [3.05, 3.63) is 0 Å². The second kappa shape index (κ2) is 7.80. The van der Waals surface area contributed by atoms with Crippen molar-refractivity contribution in [2.24, 2.45) is 0 Å². The summed E-state index contributed by atoms with van der Waals surface area (Å²) in [4.78, 5) is 0. The second-order valence-corrected chi connectivity index (χ2v) is 6.38. The summed E-state index contributed by atoms with van der Waals surface area (Å²) in [6.45, 7) is 4.58. The number of rotatable bonds is 5. The van der Waals surface area contributed by atoms with E-state index in [4.69, 9.17) is 0 Å². The molecule has 0 fully saturated rings. The second-order valence-electron chi connectivity index (χ2n) is 2.10. The van der Waals surface area contributed by atoms with Gasteiger partial charge in [0.1, 0.15) is 0 Å². The van der Waals surface area contributed by atoms with Crippen molar-refractivity contribution >= 4 is 21.1 Å². The first-order valence-corrected chi connectivity index (χ1v) is 7.66. The number of hydrogen-bond acceptors (Lipinski definition) is 0. The van der Waals surface area contributed by atoms with Crippen LogP contribution in [0.15, 0.2) is 0 Å². The molecule has 48 valence electrons. The van der Waals surface area contributed by atoms with Gasteiger partial charge in [0.15, 0.2) is 0 Å². The maximum atomic E-state index is 2.30. The number of hydrogen-bond donors (Lipinski definition) is 0. The average Bonchev–Trinajstić information content (AvgIpc) is 1.81. The van der Waals surface area contributed by atoms with Gasteiger partial charge in [0.25, 0.3) is 0 Å². The van der Waals surface area contributed by atoms with Crippen molar-refractivity contribution < 1.29 is 0 Å². The Kier molecular flexibility index (Phi) is 8.58. The molecule has 0 aromatic rings. The van der Waals surface area contributed by atoms with Crippen LogP contribution < -0.4 is 0 Å². The minimum absolute atomic E-state index is 0.165. The molecule has 0 aliphatic carbocycles. The van der Waals surface area contributed by atoms with E-state index in [0.29, 0.717) is 0 Å². The molecule has 8 heavy (non-hydrogen) atoms. The van der Waals surface area contributed by atoms with E-state index in [-0.39, 0.29) is 21.1 Å². The van der Waals surface area contributed by atoms with Crippen molar-refractivity contribution in [1.82, 2.24) is 0 Å². The van der Waals surface area contributed by atoms with Gasteiger partial charge in [0.2, 0.25) is 0 Å². The molecule has 2 radical (unpaired) electrons. The van der Waals surface area contributed by atoms with E-state index in [1.165, 1.54) is 19.3 Å². The van der Waals surface area contributed by atoms with Crippen LogP contribution in [0, 0.1) is 0 Å². The molecule has 0 atom stereocenters. The average molecular weight is 219 g/mol. The van der Waals surface area contributed by atoms with Gasteiger partial charge in [-0.05, 0) is 0 Å². The fourth-order valence-electron chi connectivity index (χ4n) is 0.604. The summed E-state index contributed by atoms with van der Waals surface area (Å²) < 4.78 is 3.22. The molecular weight excluding hydrogens is 203 g/mol. The number of unbranched alkanes of at least 4 members (excludes halogenated alkanes) is 1. The van der Waals surface area contributed by atoms with Gasteiger partial charge in [-0.25, -0.2) is 0 Å². The fourth-order valence-corrected chi connectivity index (χ4v) is 4.05. The van der Waals surface area contributed by atoms with Crippen molar-refractivity contribution in [2.75, 3.05) is 0 Å². The Morgan fingerprint density at radius 3 is 2.25 bits per heavy atom. The Hall–Kier alpha value is 0.799. The first-order chi connectivity index (χ1) is 3.91. The maximum absolute atomic E-state index is 2.30. The molecule has 0 bridgehead atoms. The molecule has 0 aliphatic rings. The molecule has 1 heteroatoms. The van der Waals surface area contributed by atoms with Gasteiger partial charge >= 0.3 is 63.1 Å². The minimum atomic E-state index is 0.165. The topological polar surface area (TPSA) is 0 Å². The normalized spacial score (nSPS) is 9.75. The van der Waals surface area contributed by atoms with Gasteiger partial charge in [0, 0.05) is 0 Å². The molecular formula is C7H16Sn. The Bertz CT molecular complexity index is 29.4. The van der Waals surface area contributed by atoms with E-state index in [1.807, 2.05) is 0 Å². The van der Waals surface area contributed by atoms with Crippen LogP contribution in [-0.4, -0.2) is 21.1 Å². The van der Waals surface area contributed by atoms with E-state index in [9.17, 15) is 0 Å². The molecule has 0 nitrogen and oxygen atoms in total. The van der Waals surface area contributed by atoms with Crippen LogP contribution in [0.25, 0.3) is 0 Å². The van der Waals surface area contributed by atoms with E-state index < -0.39 is 0 Å². The molecule has 0 aliphatic heterocycles. The third kappa shape index (κ3) is 6.80. The quantitative estimate of drug-likeness (QED) is 0.492. The zero-order chi connectivity index (χ0) is 6.24. The van der Waals surface area contributed by atoms with E-state index >= 15 is 0 Å². The molecule has 0 amide bonds. The molecule has 0 unspecified atom stereocenters. The molecule has 0 aromatic heterocycles. The van der Waals surface area contributed by atoms with Gasteiger partial charge in [0.05, 0.1) is 0 Å². The predicted octanol–water partition coefficient (Wildman–Crippen LogP) is 2.74. The summed E-state index contributed by atoms with van der Waals surface area (Å²) >= 11 is 0.165. The summed E-state index contributed by atoms with van der Waals surface area (Å²) in [7, 11) is 0. The van der Waals surface area contributed by atoms with E-state index in [1.54, 1.807) is 8.87 Å². The SMILES string of the molecule is CCC[CH2][Sn][CH2]CC. The monoisotopic (exact) mass is 220 g/mol. The van der Waals surface area contributed by atoms with Crippen LogP contribution in [0.4, 0.5) is 0 Å². The molecule has 0 rings (SSSR count). The predicted molar refractivity (Wildman–Crippen MR) is 40.6 cm³/mol. The van der Waals surface area contributed by atoms with Crippen molar-refractivity contribution in [2.45, 2.75) is 42.0 Å². The zero-order valence-corrected chi connectivity index (χ0v) is 8.89. The summed E-state index contributed by atoms with van der Waals surface area (Å²) in [6.07, 6.45) is 4.35. The van der Waals surface area contributed by atoms with Gasteiger partial charge in [-0.2, -0.15) is 0 Å².